The molecule has 0 bridgehead atoms. The van der Waals surface area contributed by atoms with E-state index in [4.69, 9.17) is 11.6 Å². The van der Waals surface area contributed by atoms with Crippen LogP contribution in [0.5, 0.6) is 0 Å². The van der Waals surface area contributed by atoms with Crippen molar-refractivity contribution in [3.8, 4) is 0 Å². The van der Waals surface area contributed by atoms with Crippen molar-refractivity contribution in [1.82, 2.24) is 0 Å². The van der Waals surface area contributed by atoms with Crippen LogP contribution < -0.4 is 0 Å². The molecule has 0 saturated heterocycles. The molecule has 0 amide bonds. The highest BCUT2D eigenvalue weighted by atomic mass is 35.5. The minimum absolute atomic E-state index is 0.00296. The van der Waals surface area contributed by atoms with Gasteiger partial charge in [-0.3, -0.25) is 4.79 Å². The number of benzene rings is 2. The zero-order chi connectivity index (χ0) is 14.3. The highest BCUT2D eigenvalue weighted by Gasteiger charge is 2.51. The topological polar surface area (TPSA) is 17.1 Å². The fourth-order valence-corrected chi connectivity index (χ4v) is 2.85. The monoisotopic (exact) mass is 288 g/mol. The maximum atomic E-state index is 13.5. The van der Waals surface area contributed by atoms with E-state index in [9.17, 15) is 9.18 Å². The average molecular weight is 289 g/mol. The molecular formula is C17H14ClFO. The highest BCUT2D eigenvalue weighted by Crippen LogP contribution is 2.51. The summed E-state index contributed by atoms with van der Waals surface area (Å²) in [6.45, 7) is 1.64. The first-order valence-electron chi connectivity index (χ1n) is 6.60. The Labute approximate surface area is 122 Å². The van der Waals surface area contributed by atoms with Crippen LogP contribution in [0.2, 0.25) is 5.02 Å². The van der Waals surface area contributed by atoms with Gasteiger partial charge in [0.2, 0.25) is 0 Å². The minimum Gasteiger partial charge on any atom is -0.293 e. The van der Waals surface area contributed by atoms with Gasteiger partial charge >= 0.3 is 0 Å². The lowest BCUT2D eigenvalue weighted by Crippen LogP contribution is -2.21. The normalized spacial score (nSPS) is 15.9. The van der Waals surface area contributed by atoms with E-state index < -0.39 is 5.41 Å². The number of ketones is 1. The highest BCUT2D eigenvalue weighted by molar-refractivity contribution is 6.34. The van der Waals surface area contributed by atoms with Gasteiger partial charge in [-0.05, 0) is 43.0 Å². The Morgan fingerprint density at radius 2 is 1.85 bits per heavy atom. The van der Waals surface area contributed by atoms with Crippen molar-refractivity contribution in [3.63, 3.8) is 0 Å². The van der Waals surface area contributed by atoms with Crippen LogP contribution in [-0.2, 0) is 5.41 Å². The molecule has 0 spiro atoms. The van der Waals surface area contributed by atoms with Gasteiger partial charge in [-0.25, -0.2) is 4.39 Å². The standard InChI is InChI=1S/C17H14ClFO/c1-11-9-13(14(18)10-15(11)19)16(20)17(7-8-17)12-5-3-2-4-6-12/h2-6,9-10H,7-8H2,1H3. The number of rotatable bonds is 3. The zero-order valence-electron chi connectivity index (χ0n) is 11.1. The Morgan fingerprint density at radius 1 is 1.20 bits per heavy atom. The van der Waals surface area contributed by atoms with E-state index in [0.29, 0.717) is 11.1 Å². The summed E-state index contributed by atoms with van der Waals surface area (Å²) >= 11 is 6.06. The van der Waals surface area contributed by atoms with Gasteiger partial charge in [0.15, 0.2) is 5.78 Å². The molecule has 1 aliphatic rings. The van der Waals surface area contributed by atoms with Crippen molar-refractivity contribution in [3.05, 3.63) is 70.0 Å². The summed E-state index contributed by atoms with van der Waals surface area (Å²) in [5, 5.41) is 0.195. The van der Waals surface area contributed by atoms with E-state index in [1.807, 2.05) is 30.3 Å². The first kappa shape index (κ1) is 13.3. The van der Waals surface area contributed by atoms with E-state index in [1.165, 1.54) is 6.07 Å². The second-order valence-electron chi connectivity index (χ2n) is 5.36. The third-order valence-corrected chi connectivity index (χ3v) is 4.32. The van der Waals surface area contributed by atoms with Gasteiger partial charge in [-0.15, -0.1) is 0 Å². The van der Waals surface area contributed by atoms with Crippen LogP contribution in [0.25, 0.3) is 0 Å². The van der Waals surface area contributed by atoms with Gasteiger partial charge in [0, 0.05) is 5.56 Å². The minimum atomic E-state index is -0.463. The zero-order valence-corrected chi connectivity index (χ0v) is 11.9. The number of hydrogen-bond acceptors (Lipinski definition) is 1. The SMILES string of the molecule is Cc1cc(C(=O)C2(c3ccccc3)CC2)c(Cl)cc1F. The lowest BCUT2D eigenvalue weighted by molar-refractivity contribution is 0.0946. The molecule has 1 saturated carbocycles. The Kier molecular flexibility index (Phi) is 3.14. The molecule has 0 aliphatic heterocycles. The number of hydrogen-bond donors (Lipinski definition) is 0. The summed E-state index contributed by atoms with van der Waals surface area (Å²) in [7, 11) is 0. The Hall–Kier alpha value is -1.67. The summed E-state index contributed by atoms with van der Waals surface area (Å²) in [6, 6.07) is 12.5. The van der Waals surface area contributed by atoms with Crippen molar-refractivity contribution < 1.29 is 9.18 Å². The summed E-state index contributed by atoms with van der Waals surface area (Å²) in [5.74, 6) is -0.382. The molecule has 1 aliphatic carbocycles. The van der Waals surface area contributed by atoms with Gasteiger partial charge in [0.25, 0.3) is 0 Å². The summed E-state index contributed by atoms with van der Waals surface area (Å²) < 4.78 is 13.5. The first-order valence-corrected chi connectivity index (χ1v) is 6.98. The van der Waals surface area contributed by atoms with Crippen molar-refractivity contribution >= 4 is 17.4 Å². The largest absolute Gasteiger partial charge is 0.293 e. The van der Waals surface area contributed by atoms with Gasteiger partial charge in [0.05, 0.1) is 10.4 Å². The maximum absolute atomic E-state index is 13.5. The smallest absolute Gasteiger partial charge is 0.174 e. The molecule has 1 nitrogen and oxygen atoms in total. The molecule has 3 heteroatoms. The number of Topliss-reactive ketones (excluding diaryl/α,β-unsaturated/α-hetero) is 1. The molecule has 0 N–H and O–H groups in total. The predicted molar refractivity (Wildman–Crippen MR) is 77.8 cm³/mol. The Bertz CT molecular complexity index is 675. The van der Waals surface area contributed by atoms with E-state index in [0.717, 1.165) is 18.4 Å². The van der Waals surface area contributed by atoms with Gasteiger partial charge in [-0.2, -0.15) is 0 Å². The Morgan fingerprint density at radius 3 is 2.45 bits per heavy atom. The summed E-state index contributed by atoms with van der Waals surface area (Å²) in [5.41, 5.74) is 1.42. The molecule has 0 radical (unpaired) electrons. The van der Waals surface area contributed by atoms with Gasteiger partial charge in [-0.1, -0.05) is 41.9 Å². The summed E-state index contributed by atoms with van der Waals surface area (Å²) in [6.07, 6.45) is 1.64. The van der Waals surface area contributed by atoms with Crippen molar-refractivity contribution in [1.29, 1.82) is 0 Å². The second kappa shape index (κ2) is 4.71. The molecule has 0 aromatic heterocycles. The van der Waals surface area contributed by atoms with Crippen molar-refractivity contribution in [2.24, 2.45) is 0 Å². The molecule has 20 heavy (non-hydrogen) atoms. The van der Waals surface area contributed by atoms with Crippen molar-refractivity contribution in [2.45, 2.75) is 25.2 Å². The molecular weight excluding hydrogens is 275 g/mol. The van der Waals surface area contributed by atoms with Gasteiger partial charge < -0.3 is 0 Å². The summed E-state index contributed by atoms with van der Waals surface area (Å²) in [4.78, 5) is 12.8. The van der Waals surface area contributed by atoms with E-state index in [1.54, 1.807) is 13.0 Å². The van der Waals surface area contributed by atoms with E-state index in [-0.39, 0.29) is 16.6 Å². The number of halogens is 2. The molecule has 2 aromatic carbocycles. The van der Waals surface area contributed by atoms with E-state index in [2.05, 4.69) is 0 Å². The third-order valence-electron chi connectivity index (χ3n) is 4.00. The van der Waals surface area contributed by atoms with Gasteiger partial charge in [0.1, 0.15) is 5.82 Å². The molecule has 2 aromatic rings. The molecule has 0 atom stereocenters. The fourth-order valence-electron chi connectivity index (χ4n) is 2.62. The maximum Gasteiger partial charge on any atom is 0.174 e. The van der Waals surface area contributed by atoms with Crippen LogP contribution in [0.4, 0.5) is 4.39 Å². The molecule has 1 fully saturated rings. The number of carbonyl (C=O) groups is 1. The molecule has 3 rings (SSSR count). The Balaban J connectivity index is 2.04. The second-order valence-corrected chi connectivity index (χ2v) is 5.77. The van der Waals surface area contributed by atoms with Crippen LogP contribution in [-0.4, -0.2) is 5.78 Å². The number of carbonyl (C=O) groups excluding carboxylic acids is 1. The molecule has 0 unspecified atom stereocenters. The molecule has 102 valence electrons. The average Bonchev–Trinajstić information content (AvgIpc) is 3.25. The van der Waals surface area contributed by atoms with E-state index >= 15 is 0 Å². The quantitative estimate of drug-likeness (QED) is 0.748. The molecule has 0 heterocycles. The van der Waals surface area contributed by atoms with Crippen LogP contribution in [0.15, 0.2) is 42.5 Å². The van der Waals surface area contributed by atoms with Crippen LogP contribution in [0.1, 0.15) is 34.3 Å². The lowest BCUT2D eigenvalue weighted by Gasteiger charge is -2.16. The number of aryl methyl sites for hydroxylation is 1. The van der Waals surface area contributed by atoms with Crippen LogP contribution >= 0.6 is 11.6 Å². The van der Waals surface area contributed by atoms with Crippen molar-refractivity contribution in [2.75, 3.05) is 0 Å². The van der Waals surface area contributed by atoms with Crippen LogP contribution in [0.3, 0.4) is 0 Å². The fraction of sp³-hybridized carbons (Fsp3) is 0.235. The third kappa shape index (κ3) is 2.04. The first-order chi connectivity index (χ1) is 9.54. The lowest BCUT2D eigenvalue weighted by atomic mass is 9.87. The van der Waals surface area contributed by atoms with Crippen LogP contribution in [0, 0.1) is 12.7 Å². The predicted octanol–water partition coefficient (Wildman–Crippen LogP) is 4.70.